The van der Waals surface area contributed by atoms with Crippen molar-refractivity contribution in [1.29, 1.82) is 0 Å². The normalized spacial score (nSPS) is 11.2. The third-order valence-electron chi connectivity index (χ3n) is 3.59. The van der Waals surface area contributed by atoms with Crippen LogP contribution in [0.25, 0.3) is 0 Å². The van der Waals surface area contributed by atoms with Crippen LogP contribution in [0, 0.1) is 27.9 Å². The molecule has 0 aliphatic rings. The minimum Gasteiger partial charge on any atom is -0.496 e. The highest BCUT2D eigenvalue weighted by molar-refractivity contribution is 5.56. The number of ether oxygens (including phenoxy) is 1. The molecule has 20 heavy (non-hydrogen) atoms. The predicted molar refractivity (Wildman–Crippen MR) is 81.3 cm³/mol. The second-order valence-corrected chi connectivity index (χ2v) is 5.71. The van der Waals surface area contributed by atoms with Crippen molar-refractivity contribution in [2.24, 2.45) is 17.8 Å². The average molecular weight is 280 g/mol. The van der Waals surface area contributed by atoms with Gasteiger partial charge in [0.2, 0.25) is 0 Å². The summed E-state index contributed by atoms with van der Waals surface area (Å²) in [5.41, 5.74) is 0.764. The van der Waals surface area contributed by atoms with Crippen LogP contribution in [0.2, 0.25) is 0 Å². The zero-order chi connectivity index (χ0) is 15.3. The van der Waals surface area contributed by atoms with Gasteiger partial charge in [-0.3, -0.25) is 10.1 Å². The molecule has 0 unspecified atom stereocenters. The molecule has 1 rings (SSSR count). The highest BCUT2D eigenvalue weighted by Gasteiger charge is 2.18. The summed E-state index contributed by atoms with van der Waals surface area (Å²) in [5, 5.41) is 14.2. The van der Waals surface area contributed by atoms with Gasteiger partial charge in [-0.25, -0.2) is 0 Å². The number of hydrogen-bond donors (Lipinski definition) is 1. The minimum atomic E-state index is -0.407. The molecule has 112 valence electrons. The Morgan fingerprint density at radius 2 is 1.80 bits per heavy atom. The monoisotopic (exact) mass is 280 g/mol. The first-order valence-electron chi connectivity index (χ1n) is 6.92. The van der Waals surface area contributed by atoms with E-state index < -0.39 is 4.92 Å². The zero-order valence-electron chi connectivity index (χ0n) is 12.8. The SMILES string of the molecule is COc1cc(NCC(C(C)C)C(C)C)cc([N+](=O)[O-])c1. The summed E-state index contributed by atoms with van der Waals surface area (Å²) >= 11 is 0. The van der Waals surface area contributed by atoms with E-state index >= 15 is 0 Å². The summed E-state index contributed by atoms with van der Waals surface area (Å²) in [5.74, 6) is 2.12. The van der Waals surface area contributed by atoms with Crippen molar-refractivity contribution in [2.45, 2.75) is 27.7 Å². The maximum absolute atomic E-state index is 10.9. The van der Waals surface area contributed by atoms with Gasteiger partial charge >= 0.3 is 0 Å². The van der Waals surface area contributed by atoms with Crippen LogP contribution in [0.1, 0.15) is 27.7 Å². The fraction of sp³-hybridized carbons (Fsp3) is 0.600. The van der Waals surface area contributed by atoms with E-state index in [0.717, 1.165) is 12.2 Å². The minimum absolute atomic E-state index is 0.0393. The fourth-order valence-electron chi connectivity index (χ4n) is 2.39. The van der Waals surface area contributed by atoms with Gasteiger partial charge in [0.05, 0.1) is 18.1 Å². The van der Waals surface area contributed by atoms with E-state index in [2.05, 4.69) is 33.0 Å². The molecule has 5 heteroatoms. The fourth-order valence-corrected chi connectivity index (χ4v) is 2.39. The van der Waals surface area contributed by atoms with Gasteiger partial charge in [0.25, 0.3) is 5.69 Å². The van der Waals surface area contributed by atoms with Crippen LogP contribution in [-0.4, -0.2) is 18.6 Å². The average Bonchev–Trinajstić information content (AvgIpc) is 2.37. The lowest BCUT2D eigenvalue weighted by molar-refractivity contribution is -0.384. The van der Waals surface area contributed by atoms with E-state index in [-0.39, 0.29) is 5.69 Å². The van der Waals surface area contributed by atoms with Gasteiger partial charge in [-0.1, -0.05) is 27.7 Å². The lowest BCUT2D eigenvalue weighted by atomic mass is 9.85. The summed E-state index contributed by atoms with van der Waals surface area (Å²) < 4.78 is 5.10. The van der Waals surface area contributed by atoms with Crippen LogP contribution in [-0.2, 0) is 0 Å². The summed E-state index contributed by atoms with van der Waals surface area (Å²) in [7, 11) is 1.51. The van der Waals surface area contributed by atoms with E-state index in [9.17, 15) is 10.1 Å². The third kappa shape index (κ3) is 4.40. The van der Waals surface area contributed by atoms with Crippen LogP contribution in [0.5, 0.6) is 5.75 Å². The lowest BCUT2D eigenvalue weighted by Crippen LogP contribution is -2.24. The first-order chi connectivity index (χ1) is 9.35. The van der Waals surface area contributed by atoms with Crippen LogP contribution in [0.3, 0.4) is 0 Å². The molecule has 0 saturated heterocycles. The molecule has 0 aromatic heterocycles. The summed E-state index contributed by atoms with van der Waals surface area (Å²) in [6, 6.07) is 4.75. The van der Waals surface area contributed by atoms with Crippen LogP contribution in [0.4, 0.5) is 11.4 Å². The Kier molecular flexibility index (Phi) is 5.80. The molecule has 0 saturated carbocycles. The quantitative estimate of drug-likeness (QED) is 0.607. The van der Waals surface area contributed by atoms with Crippen molar-refractivity contribution < 1.29 is 9.66 Å². The molecule has 0 fully saturated rings. The number of nitro benzene ring substituents is 1. The van der Waals surface area contributed by atoms with Gasteiger partial charge in [0.1, 0.15) is 5.75 Å². The van der Waals surface area contributed by atoms with Gasteiger partial charge in [-0.2, -0.15) is 0 Å². The van der Waals surface area contributed by atoms with Gasteiger partial charge in [0.15, 0.2) is 0 Å². The van der Waals surface area contributed by atoms with E-state index in [4.69, 9.17) is 4.74 Å². The Labute approximate surface area is 120 Å². The molecule has 0 heterocycles. The van der Waals surface area contributed by atoms with Gasteiger partial charge in [-0.05, 0) is 17.8 Å². The van der Waals surface area contributed by atoms with Crippen LogP contribution in [0.15, 0.2) is 18.2 Å². The highest BCUT2D eigenvalue weighted by atomic mass is 16.6. The second kappa shape index (κ2) is 7.12. The number of nitrogens with zero attached hydrogens (tertiary/aromatic N) is 1. The first-order valence-corrected chi connectivity index (χ1v) is 6.92. The van der Waals surface area contributed by atoms with E-state index in [1.165, 1.54) is 13.2 Å². The van der Waals surface area contributed by atoms with Crippen molar-refractivity contribution in [3.63, 3.8) is 0 Å². The first kappa shape index (κ1) is 16.3. The Bertz CT molecular complexity index is 450. The number of anilines is 1. The third-order valence-corrected chi connectivity index (χ3v) is 3.59. The number of rotatable bonds is 7. The highest BCUT2D eigenvalue weighted by Crippen LogP contribution is 2.27. The number of nitrogens with one attached hydrogen (secondary N) is 1. The largest absolute Gasteiger partial charge is 0.496 e. The molecule has 0 bridgehead atoms. The smallest absolute Gasteiger partial charge is 0.275 e. The number of hydrogen-bond acceptors (Lipinski definition) is 4. The topological polar surface area (TPSA) is 64.4 Å². The molecule has 1 aromatic carbocycles. The van der Waals surface area contributed by atoms with Gasteiger partial charge in [-0.15, -0.1) is 0 Å². The predicted octanol–water partition coefficient (Wildman–Crippen LogP) is 3.94. The number of benzene rings is 1. The standard InChI is InChI=1S/C15H24N2O3/c1-10(2)15(11(3)4)9-16-12-6-13(17(18)19)8-14(7-12)20-5/h6-8,10-11,15-16H,9H2,1-5H3. The molecular formula is C15H24N2O3. The van der Waals surface area contributed by atoms with Crippen molar-refractivity contribution >= 4 is 11.4 Å². The molecule has 1 N–H and O–H groups in total. The summed E-state index contributed by atoms with van der Waals surface area (Å²) in [4.78, 5) is 10.5. The maximum Gasteiger partial charge on any atom is 0.275 e. The van der Waals surface area contributed by atoms with Gasteiger partial charge < -0.3 is 10.1 Å². The van der Waals surface area contributed by atoms with Crippen molar-refractivity contribution in [2.75, 3.05) is 19.0 Å². The number of nitro groups is 1. The van der Waals surface area contributed by atoms with Crippen molar-refractivity contribution in [3.05, 3.63) is 28.3 Å². The molecule has 0 radical (unpaired) electrons. The number of non-ortho nitro benzene ring substituents is 1. The summed E-state index contributed by atoms with van der Waals surface area (Å²) in [6.45, 7) is 9.57. The van der Waals surface area contributed by atoms with Gasteiger partial charge in [0, 0.05) is 24.4 Å². The zero-order valence-corrected chi connectivity index (χ0v) is 12.8. The number of methoxy groups -OCH3 is 1. The van der Waals surface area contributed by atoms with Crippen LogP contribution < -0.4 is 10.1 Å². The Hall–Kier alpha value is -1.78. The van der Waals surface area contributed by atoms with E-state index in [1.54, 1.807) is 12.1 Å². The van der Waals surface area contributed by atoms with Crippen molar-refractivity contribution in [1.82, 2.24) is 0 Å². The van der Waals surface area contributed by atoms with Crippen molar-refractivity contribution in [3.8, 4) is 5.75 Å². The summed E-state index contributed by atoms with van der Waals surface area (Å²) in [6.07, 6.45) is 0. The molecule has 5 nitrogen and oxygen atoms in total. The second-order valence-electron chi connectivity index (χ2n) is 5.71. The molecule has 0 amide bonds. The molecule has 0 spiro atoms. The van der Waals surface area contributed by atoms with Crippen LogP contribution >= 0.6 is 0 Å². The van der Waals surface area contributed by atoms with E-state index in [0.29, 0.717) is 23.5 Å². The Morgan fingerprint density at radius 1 is 1.20 bits per heavy atom. The van der Waals surface area contributed by atoms with E-state index in [1.807, 2.05) is 0 Å². The molecule has 1 aromatic rings. The maximum atomic E-state index is 10.9. The Morgan fingerprint density at radius 3 is 2.25 bits per heavy atom. The lowest BCUT2D eigenvalue weighted by Gasteiger charge is -2.25. The Balaban J connectivity index is 2.86. The molecular weight excluding hydrogens is 256 g/mol. The molecule has 0 atom stereocenters. The molecule has 0 aliphatic carbocycles. The molecule has 0 aliphatic heterocycles.